The molecule has 0 unspecified atom stereocenters. The van der Waals surface area contributed by atoms with Gasteiger partial charge < -0.3 is 40.9 Å². The number of carboxylic acids is 4. The Labute approximate surface area is 289 Å². The van der Waals surface area contributed by atoms with Crippen LogP contribution in [0.3, 0.4) is 0 Å². The van der Waals surface area contributed by atoms with Gasteiger partial charge in [0.1, 0.15) is 0 Å². The molecule has 250 valence electrons. The van der Waals surface area contributed by atoms with E-state index in [-0.39, 0.29) is 39.0 Å². The Morgan fingerprint density at radius 3 is 0.565 bits per heavy atom. The smallest absolute Gasteiger partial charge is 0.337 e. The minimum absolute atomic E-state index is 0. The van der Waals surface area contributed by atoms with Crippen LogP contribution in [0, 0.1) is 0 Å². The van der Waals surface area contributed by atoms with Crippen LogP contribution in [0.1, 0.15) is 46.7 Å². The van der Waals surface area contributed by atoms with Crippen molar-refractivity contribution in [3.8, 4) is 0 Å². The van der Waals surface area contributed by atoms with Crippen molar-refractivity contribution in [2.45, 2.75) is 24.4 Å². The van der Waals surface area contributed by atoms with E-state index >= 15 is 0 Å². The zero-order chi connectivity index (χ0) is 33.1. The van der Waals surface area contributed by atoms with Crippen LogP contribution in [0.2, 0.25) is 0 Å². The van der Waals surface area contributed by atoms with Gasteiger partial charge in [0.25, 0.3) is 0 Å². The Kier molecular flexibility index (Phi) is 23.1. The van der Waals surface area contributed by atoms with E-state index < -0.39 is 48.3 Å². The summed E-state index contributed by atoms with van der Waals surface area (Å²) < 4.78 is 0. The maximum Gasteiger partial charge on any atom is 0.337 e. The third-order valence-corrected chi connectivity index (χ3v) is 5.40. The van der Waals surface area contributed by atoms with Crippen LogP contribution in [-0.4, -0.2) is 64.7 Å². The van der Waals surface area contributed by atoms with E-state index in [2.05, 4.69) is 0 Å². The molecule has 4 atom stereocenters. The van der Waals surface area contributed by atoms with E-state index in [0.717, 1.165) is 0 Å². The largest absolute Gasteiger partial charge is 0.479 e. The number of carboxylic acid groups (broad SMARTS) is 4. The summed E-state index contributed by atoms with van der Waals surface area (Å²) in [5.41, 5.74) is 1.61. The summed E-state index contributed by atoms with van der Waals surface area (Å²) in [4.78, 5) is 41.0. The number of hydrogen-bond donors (Lipinski definition) is 8. The van der Waals surface area contributed by atoms with Gasteiger partial charge in [-0.1, -0.05) is 121 Å². The number of rotatable bonds is 8. The van der Waals surface area contributed by atoms with Gasteiger partial charge in [-0.2, -0.15) is 0 Å². The van der Waals surface area contributed by atoms with Crippen molar-refractivity contribution < 1.29 is 99.0 Å². The molecule has 0 aliphatic heterocycles. The first-order valence-electron chi connectivity index (χ1n) is 12.7. The van der Waals surface area contributed by atoms with Gasteiger partial charge in [0.15, 0.2) is 24.4 Å². The van der Waals surface area contributed by atoms with Gasteiger partial charge in [-0.15, -0.1) is 0 Å². The molecular weight excluding hydrogens is 782 g/mol. The summed E-state index contributed by atoms with van der Waals surface area (Å²) in [5, 5.41) is 69.5. The predicted octanol–water partition coefficient (Wildman–Crippen LogP) is 3.21. The number of carbonyl (C=O) groups is 4. The molecule has 4 aromatic carbocycles. The Balaban J connectivity index is 0. The standard InChI is InChI=1S/4C8H8O3.2Rh/c4*9-7(8(10)11)6-4-2-1-3-5-6;;/h4*1-5,7,9H,(H,10,11);;/t4*7-;;/m0000../s1. The monoisotopic (exact) mass is 814 g/mol. The Morgan fingerprint density at radius 1 is 0.326 bits per heavy atom. The molecule has 0 bridgehead atoms. The van der Waals surface area contributed by atoms with Gasteiger partial charge in [0.2, 0.25) is 0 Å². The molecule has 0 saturated carbocycles. The number of hydrogen-bond acceptors (Lipinski definition) is 8. The van der Waals surface area contributed by atoms with Crippen molar-refractivity contribution >= 4 is 23.9 Å². The second-order valence-corrected chi connectivity index (χ2v) is 8.61. The van der Waals surface area contributed by atoms with Crippen molar-refractivity contribution in [3.05, 3.63) is 144 Å². The first kappa shape index (κ1) is 44.0. The van der Waals surface area contributed by atoms with E-state index in [1.54, 1.807) is 121 Å². The third-order valence-electron chi connectivity index (χ3n) is 5.40. The van der Waals surface area contributed by atoms with Crippen LogP contribution < -0.4 is 0 Å². The first-order chi connectivity index (χ1) is 20.9. The second kappa shape index (κ2) is 24.1. The average Bonchev–Trinajstić information content (AvgIpc) is 3.05. The minimum atomic E-state index is -1.41. The van der Waals surface area contributed by atoms with Crippen molar-refractivity contribution in [3.63, 3.8) is 0 Å². The fraction of sp³-hybridized carbons (Fsp3) is 0.125. The van der Waals surface area contributed by atoms with Crippen LogP contribution in [0.4, 0.5) is 0 Å². The van der Waals surface area contributed by atoms with E-state index in [4.69, 9.17) is 40.9 Å². The molecule has 0 spiro atoms. The Bertz CT molecular complexity index is 1200. The molecule has 0 amide bonds. The van der Waals surface area contributed by atoms with Gasteiger partial charge in [-0.25, -0.2) is 19.2 Å². The molecule has 4 aromatic rings. The van der Waals surface area contributed by atoms with E-state index in [9.17, 15) is 19.2 Å². The topological polar surface area (TPSA) is 230 Å². The van der Waals surface area contributed by atoms with Gasteiger partial charge >= 0.3 is 23.9 Å². The fourth-order valence-corrected chi connectivity index (χ4v) is 3.11. The van der Waals surface area contributed by atoms with Crippen LogP contribution in [0.5, 0.6) is 0 Å². The van der Waals surface area contributed by atoms with Crippen LogP contribution in [0.15, 0.2) is 121 Å². The molecule has 14 heteroatoms. The number of aliphatic carboxylic acids is 4. The SMILES string of the molecule is O=C(O)[C@@H](O)c1ccccc1.O=C(O)[C@@H](O)c1ccccc1.O=C(O)[C@@H](O)c1ccccc1.O=C(O)[C@@H](O)c1ccccc1.[Rh].[Rh]. The van der Waals surface area contributed by atoms with Crippen LogP contribution in [0.25, 0.3) is 0 Å². The quantitative estimate of drug-likeness (QED) is 0.120. The van der Waals surface area contributed by atoms with Gasteiger partial charge in [0, 0.05) is 39.0 Å². The Morgan fingerprint density at radius 2 is 0.457 bits per heavy atom. The molecule has 8 N–H and O–H groups in total. The molecule has 46 heavy (non-hydrogen) atoms. The van der Waals surface area contributed by atoms with Crippen molar-refractivity contribution in [2.24, 2.45) is 0 Å². The molecule has 0 heterocycles. The molecule has 0 saturated heterocycles. The maximum atomic E-state index is 10.2. The zero-order valence-electron chi connectivity index (χ0n) is 23.7. The summed E-state index contributed by atoms with van der Waals surface area (Å²) in [7, 11) is 0. The van der Waals surface area contributed by atoms with E-state index in [1.165, 1.54) is 0 Å². The summed E-state index contributed by atoms with van der Waals surface area (Å²) >= 11 is 0. The van der Waals surface area contributed by atoms with E-state index in [1.807, 2.05) is 0 Å². The Hall–Kier alpha value is -4.15. The molecule has 2 radical (unpaired) electrons. The van der Waals surface area contributed by atoms with Crippen molar-refractivity contribution in [1.82, 2.24) is 0 Å². The third kappa shape index (κ3) is 16.8. The van der Waals surface area contributed by atoms with Crippen molar-refractivity contribution in [2.75, 3.05) is 0 Å². The van der Waals surface area contributed by atoms with Crippen LogP contribution in [-0.2, 0) is 58.1 Å². The molecule has 0 aliphatic carbocycles. The maximum absolute atomic E-state index is 10.2. The number of aliphatic hydroxyl groups excluding tert-OH is 4. The molecule has 0 aromatic heterocycles. The second-order valence-electron chi connectivity index (χ2n) is 8.61. The average molecular weight is 814 g/mol. The fourth-order valence-electron chi connectivity index (χ4n) is 3.11. The predicted molar refractivity (Wildman–Crippen MR) is 156 cm³/mol. The van der Waals surface area contributed by atoms with Gasteiger partial charge in [-0.3, -0.25) is 0 Å². The molecule has 12 nitrogen and oxygen atoms in total. The van der Waals surface area contributed by atoms with Crippen molar-refractivity contribution in [1.29, 1.82) is 0 Å². The number of benzene rings is 4. The molecule has 0 aliphatic rings. The molecular formula is C32H32O12Rh2. The minimum Gasteiger partial charge on any atom is -0.479 e. The zero-order valence-corrected chi connectivity index (χ0v) is 27.0. The summed E-state index contributed by atoms with van der Waals surface area (Å²) in [5.74, 6) is -4.90. The van der Waals surface area contributed by atoms with Gasteiger partial charge in [0.05, 0.1) is 0 Å². The van der Waals surface area contributed by atoms with Crippen LogP contribution >= 0.6 is 0 Å². The van der Waals surface area contributed by atoms with Gasteiger partial charge in [-0.05, 0) is 22.3 Å². The summed E-state index contributed by atoms with van der Waals surface area (Å²) in [6, 6.07) is 33.1. The summed E-state index contributed by atoms with van der Waals surface area (Å²) in [6.07, 6.45) is -5.63. The molecule has 0 fully saturated rings. The number of aliphatic hydroxyl groups is 4. The first-order valence-corrected chi connectivity index (χ1v) is 12.7. The van der Waals surface area contributed by atoms with E-state index in [0.29, 0.717) is 22.3 Å². The molecule has 4 rings (SSSR count). The normalized spacial score (nSPS) is 11.9. The summed E-state index contributed by atoms with van der Waals surface area (Å²) in [6.45, 7) is 0.